The Balaban J connectivity index is 2.13. The molecule has 0 aromatic heterocycles. The van der Waals surface area contributed by atoms with Crippen LogP contribution in [0.1, 0.15) is 15.9 Å². The van der Waals surface area contributed by atoms with Gasteiger partial charge in [0.1, 0.15) is 11.6 Å². The third kappa shape index (κ3) is 3.10. The Hall–Kier alpha value is -2.36. The lowest BCUT2D eigenvalue weighted by Crippen LogP contribution is -2.05. The van der Waals surface area contributed by atoms with E-state index in [0.717, 1.165) is 11.3 Å². The Morgan fingerprint density at radius 1 is 1.21 bits per heavy atom. The molecule has 3 nitrogen and oxygen atoms in total. The van der Waals surface area contributed by atoms with Gasteiger partial charge in [-0.1, -0.05) is 12.1 Å². The average molecular weight is 259 g/mol. The quantitative estimate of drug-likeness (QED) is 0.678. The summed E-state index contributed by atoms with van der Waals surface area (Å²) in [5, 5.41) is 0. The minimum absolute atomic E-state index is 0.0426. The standard InChI is InChI=1S/C15H14FNO2/c1-19-12-5-2-10(3-6-12)8-15(18)11-4-7-14(17)13(16)9-11/h2-7,9H,8,17H2,1H3. The molecular weight excluding hydrogens is 245 g/mol. The molecule has 0 amide bonds. The van der Waals surface area contributed by atoms with E-state index in [-0.39, 0.29) is 17.9 Å². The van der Waals surface area contributed by atoms with E-state index in [4.69, 9.17) is 10.5 Å². The van der Waals surface area contributed by atoms with E-state index in [0.29, 0.717) is 5.56 Å². The summed E-state index contributed by atoms with van der Waals surface area (Å²) in [5.74, 6) is 0.0133. The van der Waals surface area contributed by atoms with Gasteiger partial charge in [0.25, 0.3) is 0 Å². The van der Waals surface area contributed by atoms with Crippen molar-refractivity contribution in [1.29, 1.82) is 0 Å². The van der Waals surface area contributed by atoms with Crippen LogP contribution < -0.4 is 10.5 Å². The number of ether oxygens (including phenoxy) is 1. The van der Waals surface area contributed by atoms with E-state index in [2.05, 4.69) is 0 Å². The molecule has 19 heavy (non-hydrogen) atoms. The first-order valence-corrected chi connectivity index (χ1v) is 5.81. The topological polar surface area (TPSA) is 52.3 Å². The molecule has 0 aliphatic rings. The molecule has 98 valence electrons. The second-order valence-corrected chi connectivity index (χ2v) is 4.18. The Labute approximate surface area is 110 Å². The number of carbonyl (C=O) groups is 1. The van der Waals surface area contributed by atoms with Crippen molar-refractivity contribution in [3.8, 4) is 5.75 Å². The Morgan fingerprint density at radius 2 is 1.89 bits per heavy atom. The molecule has 4 heteroatoms. The highest BCUT2D eigenvalue weighted by atomic mass is 19.1. The number of Topliss-reactive ketones (excluding diaryl/α,β-unsaturated/α-hetero) is 1. The number of halogens is 1. The fourth-order valence-electron chi connectivity index (χ4n) is 1.73. The van der Waals surface area contributed by atoms with E-state index in [1.165, 1.54) is 18.2 Å². The molecule has 0 saturated heterocycles. The largest absolute Gasteiger partial charge is 0.497 e. The molecule has 0 aliphatic heterocycles. The first-order chi connectivity index (χ1) is 9.10. The lowest BCUT2D eigenvalue weighted by molar-refractivity contribution is 0.0992. The molecule has 2 aromatic rings. The summed E-state index contributed by atoms with van der Waals surface area (Å²) >= 11 is 0. The van der Waals surface area contributed by atoms with Crippen LogP contribution in [0, 0.1) is 5.82 Å². The van der Waals surface area contributed by atoms with Gasteiger partial charge in [0.15, 0.2) is 5.78 Å². The zero-order chi connectivity index (χ0) is 13.8. The first kappa shape index (κ1) is 13.1. The molecule has 2 N–H and O–H groups in total. The van der Waals surface area contributed by atoms with Crippen LogP contribution in [0.4, 0.5) is 10.1 Å². The smallest absolute Gasteiger partial charge is 0.167 e. The third-order valence-electron chi connectivity index (χ3n) is 2.85. The first-order valence-electron chi connectivity index (χ1n) is 5.81. The Morgan fingerprint density at radius 3 is 2.47 bits per heavy atom. The van der Waals surface area contributed by atoms with Gasteiger partial charge >= 0.3 is 0 Å². The van der Waals surface area contributed by atoms with Crippen molar-refractivity contribution >= 4 is 11.5 Å². The number of anilines is 1. The van der Waals surface area contributed by atoms with Crippen molar-refractivity contribution in [2.45, 2.75) is 6.42 Å². The maximum atomic E-state index is 13.3. The van der Waals surface area contributed by atoms with Crippen molar-refractivity contribution in [1.82, 2.24) is 0 Å². The molecular formula is C15H14FNO2. The van der Waals surface area contributed by atoms with Gasteiger partial charge in [-0.25, -0.2) is 4.39 Å². The van der Waals surface area contributed by atoms with Crippen molar-refractivity contribution in [2.24, 2.45) is 0 Å². The highest BCUT2D eigenvalue weighted by molar-refractivity contribution is 5.97. The van der Waals surface area contributed by atoms with Gasteiger partial charge in [-0.3, -0.25) is 4.79 Å². The summed E-state index contributed by atoms with van der Waals surface area (Å²) in [7, 11) is 1.58. The van der Waals surface area contributed by atoms with E-state index >= 15 is 0 Å². The van der Waals surface area contributed by atoms with E-state index < -0.39 is 5.82 Å². The molecule has 0 aliphatic carbocycles. The van der Waals surface area contributed by atoms with Crippen molar-refractivity contribution in [3.63, 3.8) is 0 Å². The molecule has 0 unspecified atom stereocenters. The number of carbonyl (C=O) groups excluding carboxylic acids is 1. The molecule has 0 saturated carbocycles. The van der Waals surface area contributed by atoms with Gasteiger partial charge in [-0.05, 0) is 35.9 Å². The normalized spacial score (nSPS) is 10.2. The number of rotatable bonds is 4. The summed E-state index contributed by atoms with van der Waals surface area (Å²) in [5.41, 5.74) is 6.59. The van der Waals surface area contributed by atoms with Gasteiger partial charge in [0, 0.05) is 12.0 Å². The highest BCUT2D eigenvalue weighted by Gasteiger charge is 2.09. The number of hydrogen-bond acceptors (Lipinski definition) is 3. The van der Waals surface area contributed by atoms with Crippen molar-refractivity contribution < 1.29 is 13.9 Å². The molecule has 0 radical (unpaired) electrons. The highest BCUT2D eigenvalue weighted by Crippen LogP contribution is 2.16. The molecule has 0 atom stereocenters. The Bertz CT molecular complexity index is 594. The molecule has 0 bridgehead atoms. The summed E-state index contributed by atoms with van der Waals surface area (Å²) in [6, 6.07) is 11.3. The van der Waals surface area contributed by atoms with E-state index in [1.807, 2.05) is 12.1 Å². The zero-order valence-corrected chi connectivity index (χ0v) is 10.5. The minimum Gasteiger partial charge on any atom is -0.497 e. The number of nitrogen functional groups attached to an aromatic ring is 1. The molecule has 0 heterocycles. The fraction of sp³-hybridized carbons (Fsp3) is 0.133. The van der Waals surface area contributed by atoms with Crippen LogP contribution in [-0.2, 0) is 6.42 Å². The predicted molar refractivity (Wildman–Crippen MR) is 71.8 cm³/mol. The van der Waals surface area contributed by atoms with Gasteiger partial charge in [-0.2, -0.15) is 0 Å². The lowest BCUT2D eigenvalue weighted by atomic mass is 10.0. The van der Waals surface area contributed by atoms with Crippen LogP contribution in [0.15, 0.2) is 42.5 Å². The van der Waals surface area contributed by atoms with Crippen LogP contribution in [0.5, 0.6) is 5.75 Å². The second-order valence-electron chi connectivity index (χ2n) is 4.18. The van der Waals surface area contributed by atoms with Crippen LogP contribution in [0.3, 0.4) is 0 Å². The maximum absolute atomic E-state index is 13.3. The van der Waals surface area contributed by atoms with Crippen molar-refractivity contribution in [2.75, 3.05) is 12.8 Å². The van der Waals surface area contributed by atoms with Crippen LogP contribution in [0.2, 0.25) is 0 Å². The zero-order valence-electron chi connectivity index (χ0n) is 10.5. The summed E-state index contributed by atoms with van der Waals surface area (Å²) in [6.45, 7) is 0. The van der Waals surface area contributed by atoms with E-state index in [1.54, 1.807) is 19.2 Å². The predicted octanol–water partition coefficient (Wildman–Crippen LogP) is 2.84. The van der Waals surface area contributed by atoms with Gasteiger partial charge in [0.2, 0.25) is 0 Å². The van der Waals surface area contributed by atoms with Gasteiger partial charge in [-0.15, -0.1) is 0 Å². The van der Waals surface area contributed by atoms with E-state index in [9.17, 15) is 9.18 Å². The minimum atomic E-state index is -0.569. The molecule has 2 rings (SSSR count). The number of hydrogen-bond donors (Lipinski definition) is 1. The average Bonchev–Trinajstić information content (AvgIpc) is 2.42. The SMILES string of the molecule is COc1ccc(CC(=O)c2ccc(N)c(F)c2)cc1. The molecule has 0 spiro atoms. The number of benzene rings is 2. The van der Waals surface area contributed by atoms with Crippen LogP contribution in [-0.4, -0.2) is 12.9 Å². The number of methoxy groups -OCH3 is 1. The molecule has 2 aromatic carbocycles. The monoisotopic (exact) mass is 259 g/mol. The number of nitrogens with two attached hydrogens (primary N) is 1. The summed E-state index contributed by atoms with van der Waals surface area (Å²) in [6.07, 6.45) is 0.216. The number of ketones is 1. The second kappa shape index (κ2) is 5.52. The van der Waals surface area contributed by atoms with Crippen LogP contribution in [0.25, 0.3) is 0 Å². The third-order valence-corrected chi connectivity index (χ3v) is 2.85. The van der Waals surface area contributed by atoms with Gasteiger partial charge < -0.3 is 10.5 Å². The summed E-state index contributed by atoms with van der Waals surface area (Å²) < 4.78 is 18.3. The van der Waals surface area contributed by atoms with Crippen LogP contribution >= 0.6 is 0 Å². The Kier molecular flexibility index (Phi) is 3.80. The van der Waals surface area contributed by atoms with Crippen molar-refractivity contribution in [3.05, 3.63) is 59.4 Å². The molecule has 0 fully saturated rings. The lowest BCUT2D eigenvalue weighted by Gasteiger charge is -2.04. The fourth-order valence-corrected chi connectivity index (χ4v) is 1.73. The van der Waals surface area contributed by atoms with Gasteiger partial charge in [0.05, 0.1) is 12.8 Å². The summed E-state index contributed by atoms with van der Waals surface area (Å²) in [4.78, 5) is 12.0. The maximum Gasteiger partial charge on any atom is 0.167 e.